The van der Waals surface area contributed by atoms with Crippen molar-refractivity contribution in [2.75, 3.05) is 0 Å². The molecule has 0 radical (unpaired) electrons. The monoisotopic (exact) mass is 284 g/mol. The predicted molar refractivity (Wildman–Crippen MR) is 93.3 cm³/mol. The highest BCUT2D eigenvalue weighted by molar-refractivity contribution is 5.91. The molecule has 1 heterocycles. The highest BCUT2D eigenvalue weighted by Gasteiger charge is 2.17. The van der Waals surface area contributed by atoms with Gasteiger partial charge in [0, 0.05) is 10.9 Å². The number of aromatic amines is 1. The zero-order valence-electron chi connectivity index (χ0n) is 12.6. The standard InChI is InChI=1S/C21H18N/c1-15(16-9-5-6-10-16)20-18-13-7-8-14-19(18)22-21(20)17-11-3-2-4-12-17/h2-15,22H,1H3/q-1. The summed E-state index contributed by atoms with van der Waals surface area (Å²) in [6, 6.07) is 27.8. The van der Waals surface area contributed by atoms with E-state index in [4.69, 9.17) is 0 Å². The summed E-state index contributed by atoms with van der Waals surface area (Å²) >= 11 is 0. The molecule has 0 saturated heterocycles. The molecular formula is C21H18N-. The molecule has 3 aromatic carbocycles. The zero-order chi connectivity index (χ0) is 14.9. The number of hydrogen-bond acceptors (Lipinski definition) is 0. The molecule has 1 unspecified atom stereocenters. The molecule has 1 heteroatoms. The van der Waals surface area contributed by atoms with Crippen LogP contribution >= 0.6 is 0 Å². The van der Waals surface area contributed by atoms with Crippen molar-refractivity contribution in [2.45, 2.75) is 12.8 Å². The van der Waals surface area contributed by atoms with Crippen molar-refractivity contribution in [3.05, 3.63) is 90.0 Å². The van der Waals surface area contributed by atoms with E-state index in [-0.39, 0.29) is 0 Å². The Morgan fingerprint density at radius 2 is 1.64 bits per heavy atom. The van der Waals surface area contributed by atoms with Crippen LogP contribution in [0, 0.1) is 0 Å². The normalized spacial score (nSPS) is 12.6. The first-order chi connectivity index (χ1) is 10.8. The summed E-state index contributed by atoms with van der Waals surface area (Å²) in [5.74, 6) is 0.362. The van der Waals surface area contributed by atoms with E-state index in [0.717, 1.165) is 0 Å². The second kappa shape index (κ2) is 5.27. The van der Waals surface area contributed by atoms with Gasteiger partial charge in [0.2, 0.25) is 0 Å². The van der Waals surface area contributed by atoms with Gasteiger partial charge in [0.1, 0.15) is 0 Å². The Labute approximate surface area is 130 Å². The predicted octanol–water partition coefficient (Wildman–Crippen LogP) is 5.71. The summed E-state index contributed by atoms with van der Waals surface area (Å²) in [5, 5.41) is 1.31. The number of H-pyrrole nitrogens is 1. The minimum Gasteiger partial charge on any atom is -0.354 e. The average Bonchev–Trinajstić information content (AvgIpc) is 3.23. The van der Waals surface area contributed by atoms with Gasteiger partial charge in [-0.2, -0.15) is 17.7 Å². The molecule has 0 spiro atoms. The highest BCUT2D eigenvalue weighted by atomic mass is 14.7. The van der Waals surface area contributed by atoms with E-state index in [1.165, 1.54) is 33.3 Å². The summed E-state index contributed by atoms with van der Waals surface area (Å²) in [6.45, 7) is 2.29. The molecule has 1 N–H and O–H groups in total. The second-order valence-electron chi connectivity index (χ2n) is 5.77. The molecule has 4 rings (SSSR count). The molecule has 0 fully saturated rings. The Bertz CT molecular complexity index is 882. The average molecular weight is 284 g/mol. The first-order valence-electron chi connectivity index (χ1n) is 7.72. The van der Waals surface area contributed by atoms with Crippen molar-refractivity contribution < 1.29 is 0 Å². The summed E-state index contributed by atoms with van der Waals surface area (Å²) in [4.78, 5) is 3.62. The Morgan fingerprint density at radius 3 is 2.41 bits per heavy atom. The van der Waals surface area contributed by atoms with Crippen LogP contribution < -0.4 is 0 Å². The zero-order valence-corrected chi connectivity index (χ0v) is 12.6. The van der Waals surface area contributed by atoms with Crippen molar-refractivity contribution in [1.29, 1.82) is 0 Å². The van der Waals surface area contributed by atoms with E-state index in [0.29, 0.717) is 5.92 Å². The molecule has 4 aromatic rings. The van der Waals surface area contributed by atoms with Gasteiger partial charge in [0.25, 0.3) is 0 Å². The maximum Gasteiger partial charge on any atom is 0.0502 e. The van der Waals surface area contributed by atoms with Crippen LogP contribution in [0.25, 0.3) is 22.2 Å². The van der Waals surface area contributed by atoms with Crippen molar-refractivity contribution in [1.82, 2.24) is 4.98 Å². The lowest BCUT2D eigenvalue weighted by molar-refractivity contribution is 0.940. The van der Waals surface area contributed by atoms with Crippen molar-refractivity contribution in [3.63, 3.8) is 0 Å². The van der Waals surface area contributed by atoms with Crippen molar-refractivity contribution in [3.8, 4) is 11.3 Å². The molecule has 0 saturated carbocycles. The van der Waals surface area contributed by atoms with Crippen molar-refractivity contribution in [2.24, 2.45) is 0 Å². The van der Waals surface area contributed by atoms with E-state index < -0.39 is 0 Å². The molecule has 1 atom stereocenters. The van der Waals surface area contributed by atoms with Gasteiger partial charge in [-0.1, -0.05) is 55.5 Å². The fourth-order valence-electron chi connectivity index (χ4n) is 3.29. The molecule has 0 aliphatic heterocycles. The molecule has 0 aliphatic rings. The van der Waals surface area contributed by atoms with Gasteiger partial charge in [-0.05, 0) is 23.1 Å². The third-order valence-electron chi connectivity index (χ3n) is 4.43. The summed E-state index contributed by atoms with van der Waals surface area (Å²) in [5.41, 5.74) is 6.42. The number of fused-ring (bicyclic) bond motifs is 1. The topological polar surface area (TPSA) is 15.8 Å². The van der Waals surface area contributed by atoms with Gasteiger partial charge in [-0.15, -0.1) is 0 Å². The number of rotatable bonds is 3. The van der Waals surface area contributed by atoms with Gasteiger partial charge in [-0.25, -0.2) is 12.1 Å². The van der Waals surface area contributed by atoms with E-state index in [2.05, 4.69) is 90.8 Å². The van der Waals surface area contributed by atoms with Crippen molar-refractivity contribution >= 4 is 10.9 Å². The van der Waals surface area contributed by atoms with Crippen LogP contribution in [-0.4, -0.2) is 4.98 Å². The third kappa shape index (κ3) is 2.06. The Kier molecular flexibility index (Phi) is 3.12. The summed E-state index contributed by atoms with van der Waals surface area (Å²) in [6.07, 6.45) is 0. The molecule has 108 valence electrons. The molecule has 1 nitrogen and oxygen atoms in total. The molecule has 0 bridgehead atoms. The van der Waals surface area contributed by atoms with Gasteiger partial charge in [0.05, 0.1) is 5.69 Å². The van der Waals surface area contributed by atoms with Crippen LogP contribution in [0.3, 0.4) is 0 Å². The lowest BCUT2D eigenvalue weighted by atomic mass is 9.90. The largest absolute Gasteiger partial charge is 0.354 e. The van der Waals surface area contributed by atoms with E-state index in [1.54, 1.807) is 0 Å². The van der Waals surface area contributed by atoms with Crippen LogP contribution in [0.4, 0.5) is 0 Å². The van der Waals surface area contributed by atoms with E-state index >= 15 is 0 Å². The van der Waals surface area contributed by atoms with Crippen LogP contribution in [-0.2, 0) is 0 Å². The quantitative estimate of drug-likeness (QED) is 0.464. The Morgan fingerprint density at radius 1 is 0.864 bits per heavy atom. The number of hydrogen-bond donors (Lipinski definition) is 1. The van der Waals surface area contributed by atoms with Crippen LogP contribution in [0.2, 0.25) is 0 Å². The first-order valence-corrected chi connectivity index (χ1v) is 7.72. The lowest BCUT2D eigenvalue weighted by Crippen LogP contribution is -1.96. The number of nitrogens with one attached hydrogen (secondary N) is 1. The lowest BCUT2D eigenvalue weighted by Gasteiger charge is -2.16. The minimum atomic E-state index is 0.362. The third-order valence-corrected chi connectivity index (χ3v) is 4.43. The first kappa shape index (κ1) is 13.0. The molecule has 22 heavy (non-hydrogen) atoms. The number of para-hydroxylation sites is 1. The van der Waals surface area contributed by atoms with E-state index in [9.17, 15) is 0 Å². The number of aromatic nitrogens is 1. The molecule has 0 amide bonds. The van der Waals surface area contributed by atoms with Gasteiger partial charge >= 0.3 is 0 Å². The van der Waals surface area contributed by atoms with Crippen LogP contribution in [0.5, 0.6) is 0 Å². The fourth-order valence-corrected chi connectivity index (χ4v) is 3.29. The van der Waals surface area contributed by atoms with E-state index in [1.807, 2.05) is 0 Å². The van der Waals surface area contributed by atoms with Gasteiger partial charge < -0.3 is 4.98 Å². The Balaban J connectivity index is 1.98. The maximum atomic E-state index is 3.62. The van der Waals surface area contributed by atoms with Crippen LogP contribution in [0.15, 0.2) is 78.9 Å². The highest BCUT2D eigenvalue weighted by Crippen LogP contribution is 2.38. The molecule has 1 aromatic heterocycles. The second-order valence-corrected chi connectivity index (χ2v) is 5.77. The van der Waals surface area contributed by atoms with Crippen LogP contribution in [0.1, 0.15) is 24.0 Å². The SMILES string of the molecule is CC(c1ccc[cH-]1)c1c(-c2ccccc2)[nH]c2ccccc12. The minimum absolute atomic E-state index is 0.362. The summed E-state index contributed by atoms with van der Waals surface area (Å²) in [7, 11) is 0. The molecule has 0 aliphatic carbocycles. The number of benzene rings is 2. The fraction of sp³-hybridized carbons (Fsp3) is 0.0952. The summed E-state index contributed by atoms with van der Waals surface area (Å²) < 4.78 is 0. The smallest absolute Gasteiger partial charge is 0.0502 e. The van der Waals surface area contributed by atoms with Gasteiger partial charge in [-0.3, -0.25) is 0 Å². The molecular weight excluding hydrogens is 266 g/mol. The van der Waals surface area contributed by atoms with Gasteiger partial charge in [0.15, 0.2) is 0 Å². The maximum absolute atomic E-state index is 3.62. The Hall–Kier alpha value is -2.67.